The number of benzene rings is 2. The average Bonchev–Trinajstić information content (AvgIpc) is 3.38. The lowest BCUT2D eigenvalue weighted by molar-refractivity contribution is -0.118. The summed E-state index contributed by atoms with van der Waals surface area (Å²) in [6.45, 7) is 0.534. The summed E-state index contributed by atoms with van der Waals surface area (Å²) in [6, 6.07) is 16.3. The monoisotopic (exact) mass is 434 g/mol. The molecule has 31 heavy (non-hydrogen) atoms. The van der Waals surface area contributed by atoms with Gasteiger partial charge in [0.15, 0.2) is 5.65 Å². The predicted octanol–water partition coefficient (Wildman–Crippen LogP) is 3.00. The number of carbonyl (C=O) groups is 1. The first-order valence-corrected chi connectivity index (χ1v) is 10.2. The number of H-pyrrole nitrogens is 1. The van der Waals surface area contributed by atoms with Crippen molar-refractivity contribution in [2.24, 2.45) is 0 Å². The van der Waals surface area contributed by atoms with Gasteiger partial charge in [0.25, 0.3) is 5.56 Å². The van der Waals surface area contributed by atoms with Gasteiger partial charge in [-0.1, -0.05) is 41.9 Å². The molecule has 4 aromatic rings. The van der Waals surface area contributed by atoms with Crippen LogP contribution < -0.4 is 15.4 Å². The minimum absolute atomic E-state index is 0.0880. The van der Waals surface area contributed by atoms with E-state index >= 15 is 0 Å². The number of hydrogen-bond donors (Lipinski definition) is 1. The number of aromatic nitrogens is 4. The third-order valence-electron chi connectivity index (χ3n) is 5.55. The Hall–Kier alpha value is -3.65. The number of halogens is 1. The van der Waals surface area contributed by atoms with Crippen LogP contribution in [0, 0.1) is 0 Å². The van der Waals surface area contributed by atoms with Gasteiger partial charge in [-0.3, -0.25) is 14.6 Å². The van der Waals surface area contributed by atoms with Crippen molar-refractivity contribution in [3.63, 3.8) is 0 Å². The van der Waals surface area contributed by atoms with Crippen LogP contribution in [0.4, 0.5) is 11.6 Å². The molecule has 0 saturated carbocycles. The third-order valence-corrected chi connectivity index (χ3v) is 5.87. The van der Waals surface area contributed by atoms with Crippen molar-refractivity contribution >= 4 is 40.2 Å². The molecule has 1 saturated heterocycles. The number of likely N-dealkylation sites (N-methyl/N-ethyl adjacent to an activating group) is 1. The second kappa shape index (κ2) is 7.55. The Balaban J connectivity index is 1.50. The first-order valence-electron chi connectivity index (χ1n) is 9.87. The Morgan fingerprint density at radius 2 is 1.84 bits per heavy atom. The van der Waals surface area contributed by atoms with Crippen molar-refractivity contribution in [3.05, 3.63) is 76.2 Å². The Morgan fingerprint density at radius 1 is 1.10 bits per heavy atom. The summed E-state index contributed by atoms with van der Waals surface area (Å²) in [7, 11) is 1.76. The van der Waals surface area contributed by atoms with E-state index in [4.69, 9.17) is 11.6 Å². The predicted molar refractivity (Wildman–Crippen MR) is 120 cm³/mol. The number of aromatic amines is 1. The number of carbonyl (C=O) groups excluding carboxylic acids is 1. The van der Waals surface area contributed by atoms with Gasteiger partial charge in [0, 0.05) is 13.6 Å². The van der Waals surface area contributed by atoms with Crippen LogP contribution in [0.15, 0.2) is 65.6 Å². The Morgan fingerprint density at radius 3 is 2.61 bits per heavy atom. The standard InChI is InChI=1S/C22H19ClN6O2/c1-27(18-11-12-28(21(18)31)17-10-6-5-9-16(17)23)22-25-19-15(20(30)26-22)13-24-29(19)14-7-3-2-4-8-14/h2-10,13,18H,11-12H2,1H3,(H,25,26,30). The number of nitrogens with zero attached hydrogens (tertiary/aromatic N) is 5. The lowest BCUT2D eigenvalue weighted by atomic mass is 10.2. The topological polar surface area (TPSA) is 87.1 Å². The van der Waals surface area contributed by atoms with Crippen molar-refractivity contribution in [1.82, 2.24) is 19.7 Å². The van der Waals surface area contributed by atoms with Gasteiger partial charge in [-0.25, -0.2) is 4.68 Å². The molecule has 1 N–H and O–H groups in total. The van der Waals surface area contributed by atoms with Gasteiger partial charge in [-0.2, -0.15) is 10.1 Å². The Bertz CT molecular complexity index is 1330. The summed E-state index contributed by atoms with van der Waals surface area (Å²) < 4.78 is 1.62. The molecule has 0 aliphatic carbocycles. The number of rotatable bonds is 4. The van der Waals surface area contributed by atoms with Crippen molar-refractivity contribution in [3.8, 4) is 5.69 Å². The SMILES string of the molecule is CN(c1nc2c(cnn2-c2ccccc2)c(=O)[nH]1)C1CCN(c2ccccc2Cl)C1=O. The van der Waals surface area contributed by atoms with E-state index in [1.54, 1.807) is 27.6 Å². The summed E-state index contributed by atoms with van der Waals surface area (Å²) in [5, 5.41) is 5.24. The van der Waals surface area contributed by atoms with Crippen LogP contribution in [0.1, 0.15) is 6.42 Å². The summed E-state index contributed by atoms with van der Waals surface area (Å²) in [5.41, 5.74) is 1.61. The smallest absolute Gasteiger partial charge is 0.263 e. The maximum Gasteiger partial charge on any atom is 0.263 e. The molecule has 9 heteroatoms. The molecule has 8 nitrogen and oxygen atoms in total. The molecular weight excluding hydrogens is 416 g/mol. The van der Waals surface area contributed by atoms with Gasteiger partial charge in [0.1, 0.15) is 11.4 Å². The molecule has 1 aliphatic rings. The van der Waals surface area contributed by atoms with E-state index in [2.05, 4.69) is 15.1 Å². The molecule has 1 aliphatic heterocycles. The van der Waals surface area contributed by atoms with Crippen molar-refractivity contribution in [1.29, 1.82) is 0 Å². The number of hydrogen-bond acceptors (Lipinski definition) is 5. The number of amides is 1. The van der Waals surface area contributed by atoms with Gasteiger partial charge in [0.2, 0.25) is 11.9 Å². The molecule has 1 amide bonds. The maximum atomic E-state index is 13.1. The van der Waals surface area contributed by atoms with E-state index < -0.39 is 6.04 Å². The zero-order chi connectivity index (χ0) is 21.5. The molecule has 5 rings (SSSR count). The molecule has 1 fully saturated rings. The summed E-state index contributed by atoms with van der Waals surface area (Å²) in [5.74, 6) is 0.226. The first kappa shape index (κ1) is 19.3. The molecule has 2 aromatic heterocycles. The van der Waals surface area contributed by atoms with Crippen LogP contribution >= 0.6 is 11.6 Å². The van der Waals surface area contributed by atoms with Crippen molar-refractivity contribution in [2.75, 3.05) is 23.4 Å². The van der Waals surface area contributed by atoms with E-state index in [0.29, 0.717) is 40.7 Å². The van der Waals surface area contributed by atoms with E-state index in [9.17, 15) is 9.59 Å². The number of nitrogens with one attached hydrogen (secondary N) is 1. The molecular formula is C22H19ClN6O2. The molecule has 156 valence electrons. The second-order valence-corrected chi connectivity index (χ2v) is 7.78. The quantitative estimate of drug-likeness (QED) is 0.533. The Labute approximate surface area is 182 Å². The lowest BCUT2D eigenvalue weighted by Crippen LogP contribution is -2.41. The fourth-order valence-electron chi connectivity index (χ4n) is 3.91. The van der Waals surface area contributed by atoms with Crippen LogP contribution in [0.2, 0.25) is 5.02 Å². The molecule has 0 bridgehead atoms. The number of para-hydroxylation sites is 2. The highest BCUT2D eigenvalue weighted by Gasteiger charge is 2.37. The zero-order valence-electron chi connectivity index (χ0n) is 16.7. The van der Waals surface area contributed by atoms with Gasteiger partial charge < -0.3 is 9.80 Å². The molecule has 0 radical (unpaired) electrons. The van der Waals surface area contributed by atoms with Crippen LogP contribution in [-0.2, 0) is 4.79 Å². The van der Waals surface area contributed by atoms with Gasteiger partial charge in [-0.05, 0) is 30.7 Å². The first-order chi connectivity index (χ1) is 15.0. The molecule has 3 heterocycles. The fourth-order valence-corrected chi connectivity index (χ4v) is 4.15. The second-order valence-electron chi connectivity index (χ2n) is 7.38. The van der Waals surface area contributed by atoms with Gasteiger partial charge >= 0.3 is 0 Å². The average molecular weight is 435 g/mol. The van der Waals surface area contributed by atoms with Gasteiger partial charge in [0.05, 0.1) is 22.6 Å². The summed E-state index contributed by atoms with van der Waals surface area (Å²) >= 11 is 6.29. The highest BCUT2D eigenvalue weighted by molar-refractivity contribution is 6.34. The fraction of sp³-hybridized carbons (Fsp3) is 0.182. The number of anilines is 2. The third kappa shape index (κ3) is 3.25. The van der Waals surface area contributed by atoms with Crippen molar-refractivity contribution in [2.45, 2.75) is 12.5 Å². The normalized spacial score (nSPS) is 16.3. The van der Waals surface area contributed by atoms with E-state index in [1.807, 2.05) is 48.5 Å². The van der Waals surface area contributed by atoms with E-state index in [-0.39, 0.29) is 11.5 Å². The van der Waals surface area contributed by atoms with Crippen LogP contribution in [0.3, 0.4) is 0 Å². The van der Waals surface area contributed by atoms with Crippen LogP contribution in [0.5, 0.6) is 0 Å². The van der Waals surface area contributed by atoms with E-state index in [1.165, 1.54) is 6.20 Å². The molecule has 0 spiro atoms. The molecule has 2 aromatic carbocycles. The summed E-state index contributed by atoms with van der Waals surface area (Å²) in [6.07, 6.45) is 2.08. The number of fused-ring (bicyclic) bond motifs is 1. The van der Waals surface area contributed by atoms with Crippen molar-refractivity contribution < 1.29 is 4.79 Å². The minimum Gasteiger partial charge on any atom is -0.333 e. The van der Waals surface area contributed by atoms with E-state index in [0.717, 1.165) is 5.69 Å². The minimum atomic E-state index is -0.468. The highest BCUT2D eigenvalue weighted by atomic mass is 35.5. The molecule has 1 unspecified atom stereocenters. The maximum absolute atomic E-state index is 13.1. The van der Waals surface area contributed by atoms with Crippen LogP contribution in [-0.4, -0.2) is 45.3 Å². The van der Waals surface area contributed by atoms with Gasteiger partial charge in [-0.15, -0.1) is 0 Å². The highest BCUT2D eigenvalue weighted by Crippen LogP contribution is 2.31. The lowest BCUT2D eigenvalue weighted by Gasteiger charge is -2.24. The molecule has 1 atom stereocenters. The zero-order valence-corrected chi connectivity index (χ0v) is 17.5. The Kier molecular flexibility index (Phi) is 4.71. The largest absolute Gasteiger partial charge is 0.333 e. The summed E-state index contributed by atoms with van der Waals surface area (Å²) in [4.78, 5) is 36.6. The van der Waals surface area contributed by atoms with Crippen LogP contribution in [0.25, 0.3) is 16.7 Å².